The van der Waals surface area contributed by atoms with Gasteiger partial charge in [0.1, 0.15) is 12.1 Å². The third kappa shape index (κ3) is 2.90. The predicted octanol–water partition coefficient (Wildman–Crippen LogP) is 3.42. The van der Waals surface area contributed by atoms with Crippen LogP contribution in [0.3, 0.4) is 0 Å². The summed E-state index contributed by atoms with van der Waals surface area (Å²) in [5, 5.41) is 8.04. The summed E-state index contributed by atoms with van der Waals surface area (Å²) in [6.45, 7) is 1.30. The number of anilines is 1. The van der Waals surface area contributed by atoms with Crippen LogP contribution in [0.2, 0.25) is 0 Å². The van der Waals surface area contributed by atoms with E-state index in [0.717, 1.165) is 18.9 Å². The Balaban J connectivity index is 1.64. The van der Waals surface area contributed by atoms with Crippen molar-refractivity contribution in [3.8, 4) is 0 Å². The van der Waals surface area contributed by atoms with Crippen LogP contribution in [0.15, 0.2) is 35.3 Å². The molecule has 1 aromatic carbocycles. The molecule has 0 aliphatic carbocycles. The number of hydrogen-bond donors (Lipinski definition) is 0. The van der Waals surface area contributed by atoms with Gasteiger partial charge in [0.05, 0.1) is 11.1 Å². The summed E-state index contributed by atoms with van der Waals surface area (Å²) >= 11 is 0. The number of nitrogens with zero attached hydrogens (tertiary/aromatic N) is 5. The highest BCUT2D eigenvalue weighted by Gasteiger charge is 2.34. The van der Waals surface area contributed by atoms with E-state index < -0.39 is 11.7 Å². The first-order valence-corrected chi connectivity index (χ1v) is 7.86. The van der Waals surface area contributed by atoms with Gasteiger partial charge in [-0.3, -0.25) is 0 Å². The number of halogens is 3. The normalized spacial score (nSPS) is 16.5. The standard InChI is InChI=1S/C16H14F3N5O/c17-16(18,19)12-3-1-2-11-13(12)20-8-21-14(11)24-6-4-10(5-7-24)15-23-22-9-25-15/h1-3,8-10H,4-7H2. The first-order chi connectivity index (χ1) is 12.0. The maximum atomic E-state index is 13.2. The second-order valence-corrected chi connectivity index (χ2v) is 5.94. The molecule has 130 valence electrons. The zero-order chi connectivity index (χ0) is 17.4. The molecule has 1 aliphatic heterocycles. The lowest BCUT2D eigenvalue weighted by atomic mass is 9.96. The summed E-state index contributed by atoms with van der Waals surface area (Å²) in [5.41, 5.74) is -0.812. The number of alkyl halides is 3. The van der Waals surface area contributed by atoms with E-state index in [1.807, 2.05) is 4.90 Å². The molecule has 6 nitrogen and oxygen atoms in total. The molecule has 0 saturated carbocycles. The van der Waals surface area contributed by atoms with E-state index in [2.05, 4.69) is 20.2 Å². The van der Waals surface area contributed by atoms with E-state index in [1.54, 1.807) is 6.07 Å². The molecular weight excluding hydrogens is 335 g/mol. The largest absolute Gasteiger partial charge is 0.428 e. The van der Waals surface area contributed by atoms with Crippen LogP contribution >= 0.6 is 0 Å². The van der Waals surface area contributed by atoms with Crippen molar-refractivity contribution in [3.63, 3.8) is 0 Å². The highest BCUT2D eigenvalue weighted by molar-refractivity contribution is 5.91. The molecule has 0 N–H and O–H groups in total. The summed E-state index contributed by atoms with van der Waals surface area (Å²) in [7, 11) is 0. The van der Waals surface area contributed by atoms with Gasteiger partial charge in [0, 0.05) is 24.4 Å². The number of piperidine rings is 1. The van der Waals surface area contributed by atoms with Crippen molar-refractivity contribution < 1.29 is 17.6 Å². The van der Waals surface area contributed by atoms with Crippen LogP contribution < -0.4 is 4.90 Å². The fraction of sp³-hybridized carbons (Fsp3) is 0.375. The number of aromatic nitrogens is 4. The van der Waals surface area contributed by atoms with Gasteiger partial charge >= 0.3 is 6.18 Å². The smallest absolute Gasteiger partial charge is 0.418 e. The zero-order valence-electron chi connectivity index (χ0n) is 13.1. The Bertz CT molecular complexity index is 873. The van der Waals surface area contributed by atoms with Crippen molar-refractivity contribution in [1.82, 2.24) is 20.2 Å². The molecule has 9 heteroatoms. The predicted molar refractivity (Wildman–Crippen MR) is 83.0 cm³/mol. The molecular formula is C16H14F3N5O. The van der Waals surface area contributed by atoms with E-state index in [4.69, 9.17) is 4.42 Å². The van der Waals surface area contributed by atoms with Gasteiger partial charge in [-0.2, -0.15) is 13.2 Å². The summed E-state index contributed by atoms with van der Waals surface area (Å²) in [4.78, 5) is 10.1. The number of benzene rings is 1. The van der Waals surface area contributed by atoms with E-state index in [0.29, 0.717) is 30.2 Å². The third-order valence-corrected chi connectivity index (χ3v) is 4.47. The minimum absolute atomic E-state index is 0.0703. The average Bonchev–Trinajstić information content (AvgIpc) is 3.15. The lowest BCUT2D eigenvalue weighted by Gasteiger charge is -2.32. The maximum absolute atomic E-state index is 13.2. The van der Waals surface area contributed by atoms with E-state index in [9.17, 15) is 13.2 Å². The van der Waals surface area contributed by atoms with Gasteiger partial charge in [-0.15, -0.1) is 10.2 Å². The zero-order valence-corrected chi connectivity index (χ0v) is 13.1. The first-order valence-electron chi connectivity index (χ1n) is 7.86. The molecule has 0 bridgehead atoms. The Morgan fingerprint density at radius 2 is 1.92 bits per heavy atom. The van der Waals surface area contributed by atoms with Crippen LogP contribution in [-0.4, -0.2) is 33.3 Å². The van der Waals surface area contributed by atoms with Gasteiger partial charge < -0.3 is 9.32 Å². The van der Waals surface area contributed by atoms with Crippen LogP contribution in [0.4, 0.5) is 19.0 Å². The summed E-state index contributed by atoms with van der Waals surface area (Å²) < 4.78 is 44.9. The van der Waals surface area contributed by atoms with E-state index in [-0.39, 0.29) is 11.4 Å². The average molecular weight is 349 g/mol. The van der Waals surface area contributed by atoms with Crippen molar-refractivity contribution in [2.75, 3.05) is 18.0 Å². The van der Waals surface area contributed by atoms with Crippen molar-refractivity contribution in [1.29, 1.82) is 0 Å². The maximum Gasteiger partial charge on any atom is 0.418 e. The number of para-hydroxylation sites is 1. The lowest BCUT2D eigenvalue weighted by molar-refractivity contribution is -0.136. The van der Waals surface area contributed by atoms with Crippen molar-refractivity contribution >= 4 is 16.7 Å². The number of rotatable bonds is 2. The van der Waals surface area contributed by atoms with Gasteiger partial charge in [0.2, 0.25) is 12.3 Å². The first kappa shape index (κ1) is 15.8. The van der Waals surface area contributed by atoms with Gasteiger partial charge in [-0.1, -0.05) is 6.07 Å². The molecule has 0 spiro atoms. The van der Waals surface area contributed by atoms with Crippen molar-refractivity contribution in [3.05, 3.63) is 42.4 Å². The fourth-order valence-electron chi connectivity index (χ4n) is 3.25. The van der Waals surface area contributed by atoms with Gasteiger partial charge in [-0.25, -0.2) is 9.97 Å². The van der Waals surface area contributed by atoms with Gasteiger partial charge in [0.15, 0.2) is 0 Å². The van der Waals surface area contributed by atoms with Crippen LogP contribution in [0, 0.1) is 0 Å². The molecule has 25 heavy (non-hydrogen) atoms. The van der Waals surface area contributed by atoms with E-state index in [1.165, 1.54) is 18.8 Å². The Morgan fingerprint density at radius 1 is 1.12 bits per heavy atom. The topological polar surface area (TPSA) is 67.9 Å². The minimum atomic E-state index is -4.45. The van der Waals surface area contributed by atoms with Crippen molar-refractivity contribution in [2.24, 2.45) is 0 Å². The van der Waals surface area contributed by atoms with Crippen LogP contribution in [-0.2, 0) is 6.18 Å². The number of fused-ring (bicyclic) bond motifs is 1. The molecule has 3 aromatic rings. The van der Waals surface area contributed by atoms with Gasteiger partial charge in [-0.05, 0) is 25.0 Å². The molecule has 1 saturated heterocycles. The molecule has 3 heterocycles. The van der Waals surface area contributed by atoms with Crippen LogP contribution in [0.1, 0.15) is 30.2 Å². The Hall–Kier alpha value is -2.71. The molecule has 0 unspecified atom stereocenters. The Morgan fingerprint density at radius 3 is 2.60 bits per heavy atom. The molecule has 1 aliphatic rings. The quantitative estimate of drug-likeness (QED) is 0.706. The van der Waals surface area contributed by atoms with Crippen LogP contribution in [0.5, 0.6) is 0 Å². The van der Waals surface area contributed by atoms with Crippen molar-refractivity contribution in [2.45, 2.75) is 24.9 Å². The summed E-state index contributed by atoms with van der Waals surface area (Å²) in [6, 6.07) is 4.06. The summed E-state index contributed by atoms with van der Waals surface area (Å²) in [6.07, 6.45) is -0.412. The van der Waals surface area contributed by atoms with Gasteiger partial charge in [0.25, 0.3) is 0 Å². The molecule has 0 atom stereocenters. The fourth-order valence-corrected chi connectivity index (χ4v) is 3.25. The second-order valence-electron chi connectivity index (χ2n) is 5.94. The molecule has 0 amide bonds. The molecule has 1 fully saturated rings. The SMILES string of the molecule is FC(F)(F)c1cccc2c(N3CCC(c4nnco4)CC3)ncnc12. The summed E-state index contributed by atoms with van der Waals surface area (Å²) in [5.74, 6) is 1.30. The third-order valence-electron chi connectivity index (χ3n) is 4.47. The second kappa shape index (κ2) is 5.98. The Kier molecular flexibility index (Phi) is 3.78. The lowest BCUT2D eigenvalue weighted by Crippen LogP contribution is -2.33. The molecule has 4 rings (SSSR count). The van der Waals surface area contributed by atoms with E-state index >= 15 is 0 Å². The highest BCUT2D eigenvalue weighted by atomic mass is 19.4. The molecule has 0 radical (unpaired) electrons. The monoisotopic (exact) mass is 349 g/mol. The van der Waals surface area contributed by atoms with Crippen LogP contribution in [0.25, 0.3) is 10.9 Å². The highest BCUT2D eigenvalue weighted by Crippen LogP contribution is 2.37. The molecule has 2 aromatic heterocycles. The minimum Gasteiger partial charge on any atom is -0.428 e. The number of hydrogen-bond acceptors (Lipinski definition) is 6. The Labute approximate surface area is 140 Å².